The number of fused-ring (bicyclic) bond motifs is 1. The van der Waals surface area contributed by atoms with E-state index in [1.54, 1.807) is 6.20 Å². The number of anilines is 1. The number of halogens is 1. The minimum Gasteiger partial charge on any atom is -0.330 e. The van der Waals surface area contributed by atoms with Gasteiger partial charge in [-0.25, -0.2) is 0 Å². The molecule has 1 aromatic carbocycles. The topological polar surface area (TPSA) is 68.0 Å². The summed E-state index contributed by atoms with van der Waals surface area (Å²) in [4.78, 5) is 16.4. The third-order valence-electron chi connectivity index (χ3n) is 3.08. The SMILES string of the molecule is CCC(CN)C(=O)Nc1cccc2cc(Br)cnc12. The molecule has 0 aliphatic carbocycles. The zero-order valence-corrected chi connectivity index (χ0v) is 12.3. The van der Waals surface area contributed by atoms with Crippen LogP contribution in [0.4, 0.5) is 5.69 Å². The fourth-order valence-electron chi connectivity index (χ4n) is 1.93. The average molecular weight is 322 g/mol. The van der Waals surface area contributed by atoms with Crippen LogP contribution in [0.15, 0.2) is 34.9 Å². The van der Waals surface area contributed by atoms with Crippen molar-refractivity contribution in [2.75, 3.05) is 11.9 Å². The lowest BCUT2D eigenvalue weighted by molar-refractivity contribution is -0.119. The molecule has 0 aliphatic heterocycles. The van der Waals surface area contributed by atoms with E-state index in [1.807, 2.05) is 31.2 Å². The van der Waals surface area contributed by atoms with Crippen molar-refractivity contribution in [1.29, 1.82) is 0 Å². The molecule has 0 bridgehead atoms. The van der Waals surface area contributed by atoms with Crippen molar-refractivity contribution >= 4 is 38.4 Å². The third-order valence-corrected chi connectivity index (χ3v) is 3.52. The first-order chi connectivity index (χ1) is 9.15. The Hall–Kier alpha value is -1.46. The molecule has 100 valence electrons. The smallest absolute Gasteiger partial charge is 0.228 e. The third kappa shape index (κ3) is 3.11. The van der Waals surface area contributed by atoms with Crippen LogP contribution in [-0.4, -0.2) is 17.4 Å². The average Bonchev–Trinajstić information content (AvgIpc) is 2.40. The van der Waals surface area contributed by atoms with Crippen molar-refractivity contribution in [3.63, 3.8) is 0 Å². The number of hydrogen-bond donors (Lipinski definition) is 2. The second-order valence-corrected chi connectivity index (χ2v) is 5.28. The summed E-state index contributed by atoms with van der Waals surface area (Å²) in [6, 6.07) is 7.68. The van der Waals surface area contributed by atoms with E-state index in [0.29, 0.717) is 6.54 Å². The fourth-order valence-corrected chi connectivity index (χ4v) is 2.28. The maximum absolute atomic E-state index is 12.1. The number of carbonyl (C=O) groups excluding carboxylic acids is 1. The number of nitrogens with two attached hydrogens (primary N) is 1. The minimum atomic E-state index is -0.161. The summed E-state index contributed by atoms with van der Waals surface area (Å²) < 4.78 is 0.914. The Morgan fingerprint density at radius 2 is 2.32 bits per heavy atom. The molecule has 0 fully saturated rings. The van der Waals surface area contributed by atoms with Crippen LogP contribution in [0.1, 0.15) is 13.3 Å². The van der Waals surface area contributed by atoms with Gasteiger partial charge >= 0.3 is 0 Å². The molecule has 1 amide bonds. The van der Waals surface area contributed by atoms with Crippen LogP contribution < -0.4 is 11.1 Å². The van der Waals surface area contributed by atoms with Gasteiger partial charge in [0.25, 0.3) is 0 Å². The predicted molar refractivity (Wildman–Crippen MR) is 80.9 cm³/mol. The zero-order valence-electron chi connectivity index (χ0n) is 10.7. The van der Waals surface area contributed by atoms with E-state index < -0.39 is 0 Å². The lowest BCUT2D eigenvalue weighted by Gasteiger charge is -2.13. The van der Waals surface area contributed by atoms with Crippen molar-refractivity contribution in [3.05, 3.63) is 34.9 Å². The largest absolute Gasteiger partial charge is 0.330 e. The van der Waals surface area contributed by atoms with Gasteiger partial charge in [0, 0.05) is 22.6 Å². The van der Waals surface area contributed by atoms with Gasteiger partial charge in [-0.1, -0.05) is 19.1 Å². The normalized spacial score (nSPS) is 12.4. The van der Waals surface area contributed by atoms with Crippen LogP contribution in [0.3, 0.4) is 0 Å². The quantitative estimate of drug-likeness (QED) is 0.909. The van der Waals surface area contributed by atoms with Crippen LogP contribution in [0.25, 0.3) is 10.9 Å². The first-order valence-electron chi connectivity index (χ1n) is 6.21. The first-order valence-corrected chi connectivity index (χ1v) is 7.00. The molecule has 5 heteroatoms. The number of rotatable bonds is 4. The standard InChI is InChI=1S/C14H16BrN3O/c1-2-9(7-16)14(19)18-12-5-3-4-10-6-11(15)8-17-13(10)12/h3-6,8-9H,2,7,16H2,1H3,(H,18,19). The summed E-state index contributed by atoms with van der Waals surface area (Å²) in [7, 11) is 0. The Labute approximate surface area is 120 Å². The monoisotopic (exact) mass is 321 g/mol. The first kappa shape index (κ1) is 14.0. The maximum atomic E-state index is 12.1. The van der Waals surface area contributed by atoms with Crippen molar-refractivity contribution in [2.45, 2.75) is 13.3 Å². The van der Waals surface area contributed by atoms with E-state index in [2.05, 4.69) is 26.2 Å². The number of carbonyl (C=O) groups is 1. The Bertz CT molecular complexity index is 596. The molecule has 1 unspecified atom stereocenters. The molecule has 2 aromatic rings. The summed E-state index contributed by atoms with van der Waals surface area (Å²) in [5.41, 5.74) is 7.09. The van der Waals surface area contributed by atoms with Crippen LogP contribution in [0.5, 0.6) is 0 Å². The summed E-state index contributed by atoms with van der Waals surface area (Å²) in [6.07, 6.45) is 2.45. The second kappa shape index (κ2) is 6.12. The Morgan fingerprint density at radius 3 is 3.00 bits per heavy atom. The lowest BCUT2D eigenvalue weighted by Crippen LogP contribution is -2.28. The van der Waals surface area contributed by atoms with E-state index in [9.17, 15) is 4.79 Å². The summed E-state index contributed by atoms with van der Waals surface area (Å²) in [5, 5.41) is 3.89. The number of hydrogen-bond acceptors (Lipinski definition) is 3. The number of nitrogens with zero attached hydrogens (tertiary/aromatic N) is 1. The van der Waals surface area contributed by atoms with Crippen LogP contribution in [-0.2, 0) is 4.79 Å². The zero-order chi connectivity index (χ0) is 13.8. The molecule has 0 aliphatic rings. The summed E-state index contributed by atoms with van der Waals surface area (Å²) >= 11 is 3.39. The molecule has 0 spiro atoms. The van der Waals surface area contributed by atoms with Crippen LogP contribution in [0, 0.1) is 5.92 Å². The molecule has 3 N–H and O–H groups in total. The molecule has 19 heavy (non-hydrogen) atoms. The highest BCUT2D eigenvalue weighted by atomic mass is 79.9. The van der Waals surface area contributed by atoms with Crippen LogP contribution >= 0.6 is 15.9 Å². The molecule has 4 nitrogen and oxygen atoms in total. The minimum absolute atomic E-state index is 0.0535. The Kier molecular flexibility index (Phi) is 4.50. The number of para-hydroxylation sites is 1. The predicted octanol–water partition coefficient (Wildman–Crippen LogP) is 2.92. The van der Waals surface area contributed by atoms with Gasteiger partial charge in [0.05, 0.1) is 17.1 Å². The van der Waals surface area contributed by atoms with E-state index >= 15 is 0 Å². The van der Waals surface area contributed by atoms with E-state index in [4.69, 9.17) is 5.73 Å². The van der Waals surface area contributed by atoms with Gasteiger partial charge in [-0.05, 0) is 34.5 Å². The number of amides is 1. The summed E-state index contributed by atoms with van der Waals surface area (Å²) in [5.74, 6) is -0.215. The molecule has 0 saturated carbocycles. The van der Waals surface area contributed by atoms with Gasteiger partial charge in [-0.15, -0.1) is 0 Å². The fraction of sp³-hybridized carbons (Fsp3) is 0.286. The Morgan fingerprint density at radius 1 is 1.53 bits per heavy atom. The highest BCUT2D eigenvalue weighted by Crippen LogP contribution is 2.24. The number of pyridine rings is 1. The highest BCUT2D eigenvalue weighted by Gasteiger charge is 2.15. The second-order valence-electron chi connectivity index (χ2n) is 4.36. The van der Waals surface area contributed by atoms with Gasteiger partial charge < -0.3 is 11.1 Å². The van der Waals surface area contributed by atoms with Crippen LogP contribution in [0.2, 0.25) is 0 Å². The summed E-state index contributed by atoms with van der Waals surface area (Å²) in [6.45, 7) is 2.31. The molecular formula is C14H16BrN3O. The highest BCUT2D eigenvalue weighted by molar-refractivity contribution is 9.10. The van der Waals surface area contributed by atoms with Crippen molar-refractivity contribution in [3.8, 4) is 0 Å². The molecule has 1 aromatic heterocycles. The van der Waals surface area contributed by atoms with Gasteiger partial charge in [0.1, 0.15) is 0 Å². The number of nitrogens with one attached hydrogen (secondary N) is 1. The Balaban J connectivity index is 2.33. The molecule has 0 saturated heterocycles. The van der Waals surface area contributed by atoms with Crippen molar-refractivity contribution < 1.29 is 4.79 Å². The maximum Gasteiger partial charge on any atom is 0.228 e. The van der Waals surface area contributed by atoms with Crippen molar-refractivity contribution in [1.82, 2.24) is 4.98 Å². The van der Waals surface area contributed by atoms with E-state index in [-0.39, 0.29) is 11.8 Å². The number of benzene rings is 1. The molecular weight excluding hydrogens is 306 g/mol. The van der Waals surface area contributed by atoms with Crippen molar-refractivity contribution in [2.24, 2.45) is 11.7 Å². The molecule has 2 rings (SSSR count). The molecule has 1 atom stereocenters. The number of aromatic nitrogens is 1. The van der Waals surface area contributed by atoms with E-state index in [0.717, 1.165) is 27.5 Å². The molecule has 1 heterocycles. The van der Waals surface area contributed by atoms with Gasteiger partial charge in [0.2, 0.25) is 5.91 Å². The van der Waals surface area contributed by atoms with Gasteiger partial charge in [-0.3, -0.25) is 9.78 Å². The van der Waals surface area contributed by atoms with Gasteiger partial charge in [-0.2, -0.15) is 0 Å². The van der Waals surface area contributed by atoms with E-state index in [1.165, 1.54) is 0 Å². The lowest BCUT2D eigenvalue weighted by atomic mass is 10.1. The molecule has 0 radical (unpaired) electrons. The van der Waals surface area contributed by atoms with Gasteiger partial charge in [0.15, 0.2) is 0 Å².